The molecule has 3 aromatic rings. The highest BCUT2D eigenvalue weighted by Crippen LogP contribution is 2.36. The standard InChI is InChI=1S/C21H16Cl2F3N3O5S/c1-33-19-13(4-3-7-27-19)18(30)17-14(8-11(22)10-28-17)20(34-2)29-35(31,32)12-5-6-16(23)15(9-12)21(24,25)26/h3-10,20,29H,1-2H3. The Bertz CT molecular complexity index is 1370. The third kappa shape index (κ3) is 5.90. The minimum atomic E-state index is -4.89. The van der Waals surface area contributed by atoms with Gasteiger partial charge in [-0.2, -0.15) is 17.9 Å². The number of hydrogen-bond donors (Lipinski definition) is 1. The van der Waals surface area contributed by atoms with Gasteiger partial charge in [-0.25, -0.2) is 13.4 Å². The first-order valence-electron chi connectivity index (χ1n) is 9.50. The van der Waals surface area contributed by atoms with Crippen LogP contribution in [0.2, 0.25) is 10.0 Å². The van der Waals surface area contributed by atoms with E-state index in [0.717, 1.165) is 25.4 Å². The second-order valence-corrected chi connectivity index (χ2v) is 9.41. The quantitative estimate of drug-likeness (QED) is 0.321. The van der Waals surface area contributed by atoms with Crippen molar-refractivity contribution >= 4 is 39.0 Å². The van der Waals surface area contributed by atoms with Crippen molar-refractivity contribution < 1.29 is 35.9 Å². The molecule has 35 heavy (non-hydrogen) atoms. The Balaban J connectivity index is 2.05. The lowest BCUT2D eigenvalue weighted by Gasteiger charge is -2.20. The summed E-state index contributed by atoms with van der Waals surface area (Å²) in [5.41, 5.74) is -1.65. The molecule has 0 aliphatic heterocycles. The summed E-state index contributed by atoms with van der Waals surface area (Å²) in [7, 11) is -2.18. The number of nitrogens with one attached hydrogen (secondary N) is 1. The highest BCUT2D eigenvalue weighted by molar-refractivity contribution is 7.89. The normalized spacial score (nSPS) is 12.9. The van der Waals surface area contributed by atoms with Crippen LogP contribution in [0.1, 0.15) is 33.4 Å². The van der Waals surface area contributed by atoms with E-state index in [-0.39, 0.29) is 27.7 Å². The minimum absolute atomic E-state index is 0.00408. The van der Waals surface area contributed by atoms with Crippen molar-refractivity contribution in [3.8, 4) is 5.88 Å². The van der Waals surface area contributed by atoms with Crippen molar-refractivity contribution in [2.24, 2.45) is 0 Å². The average Bonchev–Trinajstić information content (AvgIpc) is 2.81. The first-order valence-corrected chi connectivity index (χ1v) is 11.7. The van der Waals surface area contributed by atoms with Gasteiger partial charge < -0.3 is 9.47 Å². The molecule has 8 nitrogen and oxygen atoms in total. The zero-order valence-electron chi connectivity index (χ0n) is 17.9. The lowest BCUT2D eigenvalue weighted by Crippen LogP contribution is -2.31. The first kappa shape index (κ1) is 26.8. The van der Waals surface area contributed by atoms with Gasteiger partial charge in [0.25, 0.3) is 0 Å². The number of pyridine rings is 2. The molecule has 14 heteroatoms. The molecule has 2 aromatic heterocycles. The van der Waals surface area contributed by atoms with Gasteiger partial charge in [-0.3, -0.25) is 9.78 Å². The summed E-state index contributed by atoms with van der Waals surface area (Å²) in [6.07, 6.45) is -3.88. The van der Waals surface area contributed by atoms with Crippen LogP contribution in [0.5, 0.6) is 5.88 Å². The van der Waals surface area contributed by atoms with Crippen molar-refractivity contribution in [2.75, 3.05) is 14.2 Å². The largest absolute Gasteiger partial charge is 0.480 e. The summed E-state index contributed by atoms with van der Waals surface area (Å²) in [6, 6.07) is 6.25. The van der Waals surface area contributed by atoms with Crippen LogP contribution in [0.25, 0.3) is 0 Å². The Hall–Kier alpha value is -2.77. The van der Waals surface area contributed by atoms with Crippen LogP contribution < -0.4 is 9.46 Å². The third-order valence-electron chi connectivity index (χ3n) is 4.64. The van der Waals surface area contributed by atoms with E-state index in [1.807, 2.05) is 0 Å². The number of nitrogens with zero attached hydrogens (tertiary/aromatic N) is 2. The molecule has 0 aliphatic rings. The fourth-order valence-corrected chi connectivity index (χ4v) is 4.59. The smallest absolute Gasteiger partial charge is 0.417 e. The number of alkyl halides is 3. The molecule has 0 saturated carbocycles. The van der Waals surface area contributed by atoms with Gasteiger partial charge in [0.1, 0.15) is 11.9 Å². The van der Waals surface area contributed by atoms with E-state index in [1.165, 1.54) is 31.5 Å². The lowest BCUT2D eigenvalue weighted by molar-refractivity contribution is -0.137. The number of ketones is 1. The fourth-order valence-electron chi connectivity index (χ4n) is 3.03. The van der Waals surface area contributed by atoms with Crippen molar-refractivity contribution in [3.63, 3.8) is 0 Å². The molecule has 1 atom stereocenters. The topological polar surface area (TPSA) is 107 Å². The number of sulfonamides is 1. The van der Waals surface area contributed by atoms with E-state index in [4.69, 9.17) is 32.7 Å². The van der Waals surface area contributed by atoms with E-state index in [1.54, 1.807) is 0 Å². The van der Waals surface area contributed by atoms with E-state index in [2.05, 4.69) is 14.7 Å². The Morgan fingerprint density at radius 3 is 2.46 bits per heavy atom. The molecule has 1 aromatic carbocycles. The Morgan fingerprint density at radius 2 is 1.83 bits per heavy atom. The van der Waals surface area contributed by atoms with Crippen molar-refractivity contribution in [1.82, 2.24) is 14.7 Å². The van der Waals surface area contributed by atoms with Crippen LogP contribution in [0.3, 0.4) is 0 Å². The summed E-state index contributed by atoms with van der Waals surface area (Å²) in [5, 5.41) is -0.626. The molecule has 1 N–H and O–H groups in total. The molecule has 3 rings (SSSR count). The maximum absolute atomic E-state index is 13.2. The van der Waals surface area contributed by atoms with Gasteiger partial charge in [-0.1, -0.05) is 23.2 Å². The second kappa shape index (κ2) is 10.5. The van der Waals surface area contributed by atoms with E-state index in [0.29, 0.717) is 6.07 Å². The van der Waals surface area contributed by atoms with Gasteiger partial charge in [0.15, 0.2) is 0 Å². The maximum Gasteiger partial charge on any atom is 0.417 e. The van der Waals surface area contributed by atoms with Gasteiger partial charge in [-0.15, -0.1) is 0 Å². The number of carbonyl (C=O) groups is 1. The molecule has 0 amide bonds. The molecular formula is C21H16Cl2F3N3O5S. The number of hydrogen-bond acceptors (Lipinski definition) is 7. The predicted molar refractivity (Wildman–Crippen MR) is 120 cm³/mol. The Morgan fingerprint density at radius 1 is 1.11 bits per heavy atom. The number of halogens is 5. The van der Waals surface area contributed by atoms with Crippen molar-refractivity contribution in [1.29, 1.82) is 0 Å². The molecule has 2 heterocycles. The van der Waals surface area contributed by atoms with Gasteiger partial charge in [0.05, 0.1) is 33.2 Å². The van der Waals surface area contributed by atoms with Gasteiger partial charge in [0, 0.05) is 25.1 Å². The zero-order chi connectivity index (χ0) is 26.0. The number of methoxy groups -OCH3 is 2. The summed E-state index contributed by atoms with van der Waals surface area (Å²) >= 11 is 11.6. The number of carbonyl (C=O) groups excluding carboxylic acids is 1. The SMILES string of the molecule is COc1ncccc1C(=O)c1ncc(Cl)cc1C(NS(=O)(=O)c1ccc(Cl)c(C(F)(F)F)c1)OC. The Labute approximate surface area is 208 Å². The molecule has 186 valence electrons. The maximum atomic E-state index is 13.2. The van der Waals surface area contributed by atoms with E-state index in [9.17, 15) is 26.4 Å². The molecule has 0 radical (unpaired) electrons. The summed E-state index contributed by atoms with van der Waals surface area (Å²) in [6.45, 7) is 0. The molecule has 0 aliphatic carbocycles. The number of ether oxygens (including phenoxy) is 2. The van der Waals surface area contributed by atoms with Crippen LogP contribution in [0.4, 0.5) is 13.2 Å². The number of aromatic nitrogens is 2. The molecule has 0 fully saturated rings. The first-order chi connectivity index (χ1) is 16.4. The highest BCUT2D eigenvalue weighted by Gasteiger charge is 2.35. The van der Waals surface area contributed by atoms with Crippen LogP contribution in [0.15, 0.2) is 53.7 Å². The third-order valence-corrected chi connectivity index (χ3v) is 6.58. The van der Waals surface area contributed by atoms with E-state index < -0.39 is 43.7 Å². The average molecular weight is 550 g/mol. The number of benzene rings is 1. The van der Waals surface area contributed by atoms with Crippen LogP contribution >= 0.6 is 23.2 Å². The lowest BCUT2D eigenvalue weighted by atomic mass is 10.0. The van der Waals surface area contributed by atoms with E-state index >= 15 is 0 Å². The molecule has 0 bridgehead atoms. The summed E-state index contributed by atoms with van der Waals surface area (Å²) < 4.78 is 78.0. The minimum Gasteiger partial charge on any atom is -0.480 e. The molecule has 0 saturated heterocycles. The predicted octanol–water partition coefficient (Wildman–Crippen LogP) is 4.67. The fraction of sp³-hybridized carbons (Fsp3) is 0.190. The summed E-state index contributed by atoms with van der Waals surface area (Å²) in [5.74, 6) is -0.690. The van der Waals surface area contributed by atoms with Gasteiger partial charge >= 0.3 is 6.18 Å². The van der Waals surface area contributed by atoms with Gasteiger partial charge in [0.2, 0.25) is 21.7 Å². The van der Waals surface area contributed by atoms with Gasteiger partial charge in [-0.05, 0) is 36.4 Å². The molecule has 0 spiro atoms. The Kier molecular flexibility index (Phi) is 8.02. The monoisotopic (exact) mass is 549 g/mol. The number of rotatable bonds is 8. The zero-order valence-corrected chi connectivity index (χ0v) is 20.3. The van der Waals surface area contributed by atoms with Crippen LogP contribution in [-0.4, -0.2) is 38.4 Å². The summed E-state index contributed by atoms with van der Waals surface area (Å²) in [4.78, 5) is 20.4. The van der Waals surface area contributed by atoms with Crippen LogP contribution in [0, 0.1) is 0 Å². The molecular weight excluding hydrogens is 534 g/mol. The highest BCUT2D eigenvalue weighted by atomic mass is 35.5. The van der Waals surface area contributed by atoms with Crippen molar-refractivity contribution in [2.45, 2.75) is 17.3 Å². The van der Waals surface area contributed by atoms with Crippen molar-refractivity contribution in [3.05, 3.63) is 81.2 Å². The molecule has 1 unspecified atom stereocenters. The second-order valence-electron chi connectivity index (χ2n) is 6.86. The van der Waals surface area contributed by atoms with Crippen LogP contribution in [-0.2, 0) is 20.9 Å².